The van der Waals surface area contributed by atoms with Gasteiger partial charge in [0.05, 0.1) is 22.7 Å². The molecule has 1 saturated heterocycles. The molecule has 1 saturated carbocycles. The van der Waals surface area contributed by atoms with E-state index in [9.17, 15) is 18.0 Å². The number of amides is 1. The fourth-order valence-corrected chi connectivity index (χ4v) is 5.45. The van der Waals surface area contributed by atoms with Gasteiger partial charge >= 0.3 is 5.97 Å². The molecule has 0 aromatic heterocycles. The predicted molar refractivity (Wildman–Crippen MR) is 106 cm³/mol. The van der Waals surface area contributed by atoms with Gasteiger partial charge in [0.2, 0.25) is 10.0 Å². The van der Waals surface area contributed by atoms with Crippen molar-refractivity contribution in [2.24, 2.45) is 0 Å². The van der Waals surface area contributed by atoms with E-state index in [-0.39, 0.29) is 54.3 Å². The number of rotatable bonds is 6. The van der Waals surface area contributed by atoms with Gasteiger partial charge in [0.25, 0.3) is 5.91 Å². The Balaban J connectivity index is 1.63. The van der Waals surface area contributed by atoms with E-state index >= 15 is 0 Å². The second kappa shape index (κ2) is 9.23. The second-order valence-corrected chi connectivity index (χ2v) is 9.67. The van der Waals surface area contributed by atoms with Gasteiger partial charge < -0.3 is 14.8 Å². The molecule has 9 heteroatoms. The van der Waals surface area contributed by atoms with Crippen LogP contribution in [0.25, 0.3) is 0 Å². The van der Waals surface area contributed by atoms with Crippen molar-refractivity contribution in [1.29, 1.82) is 0 Å². The SMILES string of the molecule is CC1CN(S(=O)(=O)c2cccc(C(=O)OCC(=O)NC3CCCC3)c2)CC(C)O1. The minimum absolute atomic E-state index is 0.0173. The van der Waals surface area contributed by atoms with Gasteiger partial charge in [0, 0.05) is 19.1 Å². The lowest BCUT2D eigenvalue weighted by Crippen LogP contribution is -2.48. The zero-order valence-electron chi connectivity index (χ0n) is 16.8. The maximum absolute atomic E-state index is 13.0. The summed E-state index contributed by atoms with van der Waals surface area (Å²) in [6.07, 6.45) is 3.65. The Morgan fingerprint density at radius 1 is 1.17 bits per heavy atom. The number of hydrogen-bond donors (Lipinski definition) is 1. The van der Waals surface area contributed by atoms with Crippen LogP contribution in [-0.2, 0) is 24.3 Å². The number of morpholine rings is 1. The van der Waals surface area contributed by atoms with Crippen molar-refractivity contribution in [3.8, 4) is 0 Å². The standard InChI is InChI=1S/C20H28N2O6S/c1-14-11-22(12-15(2)28-14)29(25,26)18-9-5-6-16(10-18)20(24)27-13-19(23)21-17-7-3-4-8-17/h5-6,9-10,14-15,17H,3-4,7-8,11-13H2,1-2H3,(H,21,23). The maximum Gasteiger partial charge on any atom is 0.338 e. The van der Waals surface area contributed by atoms with E-state index in [0.29, 0.717) is 0 Å². The number of hydrogen-bond acceptors (Lipinski definition) is 6. The molecular weight excluding hydrogens is 396 g/mol. The fraction of sp³-hybridized carbons (Fsp3) is 0.600. The van der Waals surface area contributed by atoms with E-state index in [0.717, 1.165) is 25.7 Å². The zero-order valence-corrected chi connectivity index (χ0v) is 17.6. The van der Waals surface area contributed by atoms with E-state index in [1.807, 2.05) is 13.8 Å². The Morgan fingerprint density at radius 3 is 2.48 bits per heavy atom. The first-order valence-electron chi connectivity index (χ1n) is 9.98. The number of nitrogens with zero attached hydrogens (tertiary/aromatic N) is 1. The average molecular weight is 425 g/mol. The number of carbonyl (C=O) groups is 2. The molecule has 1 amide bonds. The molecule has 8 nitrogen and oxygen atoms in total. The molecular formula is C20H28N2O6S. The summed E-state index contributed by atoms with van der Waals surface area (Å²) in [6, 6.07) is 5.85. The Hall–Kier alpha value is -1.97. The average Bonchev–Trinajstić information content (AvgIpc) is 3.18. The monoisotopic (exact) mass is 424 g/mol. The molecule has 2 unspecified atom stereocenters. The van der Waals surface area contributed by atoms with Crippen LogP contribution in [0.4, 0.5) is 0 Å². The fourth-order valence-electron chi connectivity index (χ4n) is 3.81. The van der Waals surface area contributed by atoms with E-state index < -0.39 is 16.0 Å². The normalized spacial score (nSPS) is 23.7. The molecule has 1 aliphatic heterocycles. The Bertz CT molecular complexity index is 840. The second-order valence-electron chi connectivity index (χ2n) is 7.73. The zero-order chi connectivity index (χ0) is 21.0. The van der Waals surface area contributed by atoms with E-state index in [4.69, 9.17) is 9.47 Å². The molecule has 29 heavy (non-hydrogen) atoms. The molecule has 2 atom stereocenters. The first kappa shape index (κ1) is 21.7. The third-order valence-corrected chi connectivity index (χ3v) is 6.98. The van der Waals surface area contributed by atoms with E-state index in [1.54, 1.807) is 0 Å². The maximum atomic E-state index is 13.0. The molecule has 0 radical (unpaired) electrons. The first-order valence-corrected chi connectivity index (χ1v) is 11.4. The van der Waals surface area contributed by atoms with Gasteiger partial charge in [0.1, 0.15) is 0 Å². The Morgan fingerprint density at radius 2 is 1.83 bits per heavy atom. The number of benzene rings is 1. The number of esters is 1. The summed E-state index contributed by atoms with van der Waals surface area (Å²) in [6.45, 7) is 3.77. The Kier molecular flexibility index (Phi) is 6.92. The number of ether oxygens (including phenoxy) is 2. The summed E-state index contributed by atoms with van der Waals surface area (Å²) in [5, 5.41) is 2.84. The third kappa shape index (κ3) is 5.55. The van der Waals surface area contributed by atoms with Crippen molar-refractivity contribution in [2.45, 2.75) is 62.7 Å². The highest BCUT2D eigenvalue weighted by Crippen LogP contribution is 2.22. The summed E-state index contributed by atoms with van der Waals surface area (Å²) < 4.78 is 38.0. The van der Waals surface area contributed by atoms with E-state index in [1.165, 1.54) is 28.6 Å². The number of nitrogens with one attached hydrogen (secondary N) is 1. The topological polar surface area (TPSA) is 102 Å². The van der Waals surface area contributed by atoms with Crippen molar-refractivity contribution < 1.29 is 27.5 Å². The summed E-state index contributed by atoms with van der Waals surface area (Å²) in [7, 11) is -3.76. The molecule has 3 rings (SSSR count). The minimum Gasteiger partial charge on any atom is -0.452 e. The van der Waals surface area contributed by atoms with Gasteiger partial charge in [-0.2, -0.15) is 4.31 Å². The van der Waals surface area contributed by atoms with Crippen LogP contribution in [0.15, 0.2) is 29.2 Å². The number of carbonyl (C=O) groups excluding carboxylic acids is 2. The van der Waals surface area contributed by atoms with Crippen LogP contribution in [0.1, 0.15) is 49.9 Å². The van der Waals surface area contributed by atoms with E-state index in [2.05, 4.69) is 5.32 Å². The van der Waals surface area contributed by atoms with Gasteiger partial charge in [0.15, 0.2) is 6.61 Å². The van der Waals surface area contributed by atoms with Crippen LogP contribution >= 0.6 is 0 Å². The quantitative estimate of drug-likeness (QED) is 0.698. The smallest absolute Gasteiger partial charge is 0.338 e. The van der Waals surface area contributed by atoms with Crippen LogP contribution < -0.4 is 5.32 Å². The van der Waals surface area contributed by atoms with Gasteiger partial charge in [-0.1, -0.05) is 18.9 Å². The van der Waals surface area contributed by atoms with Crippen LogP contribution in [0.3, 0.4) is 0 Å². The first-order chi connectivity index (χ1) is 13.8. The molecule has 1 heterocycles. The minimum atomic E-state index is -3.76. The van der Waals surface area contributed by atoms with Gasteiger partial charge in [-0.05, 0) is 44.9 Å². The van der Waals surface area contributed by atoms with Gasteiger partial charge in [-0.3, -0.25) is 4.79 Å². The summed E-state index contributed by atoms with van der Waals surface area (Å²) >= 11 is 0. The lowest BCUT2D eigenvalue weighted by Gasteiger charge is -2.34. The molecule has 1 aliphatic carbocycles. The highest BCUT2D eigenvalue weighted by Gasteiger charge is 2.32. The van der Waals surface area contributed by atoms with Crippen molar-refractivity contribution in [2.75, 3.05) is 19.7 Å². The summed E-state index contributed by atoms with van der Waals surface area (Å²) in [4.78, 5) is 24.3. The molecule has 160 valence electrons. The molecule has 2 fully saturated rings. The molecule has 1 aromatic carbocycles. The number of sulfonamides is 1. The van der Waals surface area contributed by atoms with Crippen LogP contribution in [0.2, 0.25) is 0 Å². The molecule has 0 spiro atoms. The summed E-state index contributed by atoms with van der Waals surface area (Å²) in [5.41, 5.74) is 0.0918. The largest absolute Gasteiger partial charge is 0.452 e. The van der Waals surface area contributed by atoms with Crippen LogP contribution in [0, 0.1) is 0 Å². The van der Waals surface area contributed by atoms with Crippen molar-refractivity contribution >= 4 is 21.9 Å². The van der Waals surface area contributed by atoms with Crippen molar-refractivity contribution in [1.82, 2.24) is 9.62 Å². The van der Waals surface area contributed by atoms with Crippen molar-refractivity contribution in [3.63, 3.8) is 0 Å². The van der Waals surface area contributed by atoms with Crippen LogP contribution in [-0.4, -0.2) is 62.5 Å². The molecule has 1 aromatic rings. The lowest BCUT2D eigenvalue weighted by atomic mass is 10.2. The van der Waals surface area contributed by atoms with Crippen molar-refractivity contribution in [3.05, 3.63) is 29.8 Å². The Labute approximate surface area is 171 Å². The van der Waals surface area contributed by atoms with Gasteiger partial charge in [-0.25, -0.2) is 13.2 Å². The molecule has 1 N–H and O–H groups in total. The highest BCUT2D eigenvalue weighted by atomic mass is 32.2. The van der Waals surface area contributed by atoms with Gasteiger partial charge in [-0.15, -0.1) is 0 Å². The molecule has 2 aliphatic rings. The van der Waals surface area contributed by atoms with Crippen LogP contribution in [0.5, 0.6) is 0 Å². The third-order valence-electron chi connectivity index (χ3n) is 5.15. The summed E-state index contributed by atoms with van der Waals surface area (Å²) in [5.74, 6) is -1.07. The molecule has 0 bridgehead atoms. The predicted octanol–water partition coefficient (Wildman–Crippen LogP) is 1.70. The highest BCUT2D eigenvalue weighted by molar-refractivity contribution is 7.89. The lowest BCUT2D eigenvalue weighted by molar-refractivity contribution is -0.124.